The van der Waals surface area contributed by atoms with E-state index in [1.165, 1.54) is 70.6 Å². The van der Waals surface area contributed by atoms with Crippen molar-refractivity contribution in [3.05, 3.63) is 0 Å². The third-order valence-electron chi connectivity index (χ3n) is 4.21. The summed E-state index contributed by atoms with van der Waals surface area (Å²) in [5.41, 5.74) is 0. The van der Waals surface area contributed by atoms with Gasteiger partial charge in [-0.05, 0) is 6.42 Å². The number of aliphatic hydroxyl groups excluding tert-OH is 1. The molecule has 1 N–H and O–H groups in total. The molecule has 0 fully saturated rings. The number of rotatable bonds is 17. The summed E-state index contributed by atoms with van der Waals surface area (Å²) in [4.78, 5) is 0. The van der Waals surface area contributed by atoms with E-state index < -0.39 is 0 Å². The van der Waals surface area contributed by atoms with Crippen LogP contribution in [0.25, 0.3) is 0 Å². The molecule has 0 heterocycles. The highest BCUT2D eigenvalue weighted by Crippen LogP contribution is 2.11. The average molecular weight is 366 g/mol. The van der Waals surface area contributed by atoms with Crippen LogP contribution in [0.4, 0.5) is 0 Å². The van der Waals surface area contributed by atoms with Gasteiger partial charge in [0.15, 0.2) is 0 Å². The van der Waals surface area contributed by atoms with Crippen LogP contribution in [0, 0.1) is 0 Å². The van der Waals surface area contributed by atoms with Crippen molar-refractivity contribution < 1.29 is 26.7 Å². The van der Waals surface area contributed by atoms with Crippen LogP contribution in [-0.2, 0) is 4.74 Å². The summed E-state index contributed by atoms with van der Waals surface area (Å²) in [6.07, 6.45) is 16.1. The maximum atomic E-state index is 9.84. The molecule has 0 aliphatic heterocycles. The van der Waals surface area contributed by atoms with Gasteiger partial charge in [-0.1, -0.05) is 77.6 Å². The van der Waals surface area contributed by atoms with Gasteiger partial charge in [0.2, 0.25) is 0 Å². The maximum absolute atomic E-state index is 9.84. The molecule has 0 aromatic rings. The molecule has 0 radical (unpaired) electrons. The van der Waals surface area contributed by atoms with Crippen molar-refractivity contribution in [1.29, 1.82) is 0 Å². The Balaban J connectivity index is 0. The van der Waals surface area contributed by atoms with Gasteiger partial charge in [0, 0.05) is 6.61 Å². The van der Waals surface area contributed by atoms with E-state index in [1.54, 1.807) is 0 Å². The number of quaternary nitrogens is 1. The molecule has 4 heteroatoms. The lowest BCUT2D eigenvalue weighted by Gasteiger charge is -2.26. The van der Waals surface area contributed by atoms with Crippen molar-refractivity contribution in [2.75, 3.05) is 40.9 Å². The van der Waals surface area contributed by atoms with Crippen molar-refractivity contribution in [1.82, 2.24) is 0 Å². The van der Waals surface area contributed by atoms with Crippen LogP contribution in [0.5, 0.6) is 0 Å². The fourth-order valence-corrected chi connectivity index (χ4v) is 2.95. The van der Waals surface area contributed by atoms with E-state index in [0.717, 1.165) is 24.1 Å². The molecule has 0 aliphatic rings. The molecule has 1 atom stereocenters. The quantitative estimate of drug-likeness (QED) is 0.314. The fraction of sp³-hybridized carbons (Fsp3) is 1.00. The minimum atomic E-state index is -0.340. The predicted octanol–water partition coefficient (Wildman–Crippen LogP) is 1.78. The Labute approximate surface area is 158 Å². The van der Waals surface area contributed by atoms with Gasteiger partial charge in [-0.25, -0.2) is 0 Å². The van der Waals surface area contributed by atoms with Gasteiger partial charge in [-0.15, -0.1) is 0 Å². The number of unbranched alkanes of at least 4 members (excludes halogenated alkanes) is 11. The van der Waals surface area contributed by atoms with E-state index >= 15 is 0 Å². The summed E-state index contributed by atoms with van der Waals surface area (Å²) in [6, 6.07) is 0. The molecule has 0 saturated heterocycles. The van der Waals surface area contributed by atoms with E-state index in [2.05, 4.69) is 28.1 Å². The Morgan fingerprint density at radius 3 is 1.58 bits per heavy atom. The Hall–Kier alpha value is 0.170. The lowest BCUT2D eigenvalue weighted by molar-refractivity contribution is -0.873. The maximum Gasteiger partial charge on any atom is 0.126 e. The van der Waals surface area contributed by atoms with Gasteiger partial charge in [0.05, 0.1) is 27.7 Å². The Morgan fingerprint density at radius 1 is 0.750 bits per heavy atom. The second-order valence-corrected chi connectivity index (χ2v) is 8.09. The summed E-state index contributed by atoms with van der Waals surface area (Å²) >= 11 is 0. The Bertz CT molecular complexity index is 244. The van der Waals surface area contributed by atoms with Crippen molar-refractivity contribution in [2.24, 2.45) is 0 Å². The first-order valence-corrected chi connectivity index (χ1v) is 10.0. The zero-order chi connectivity index (χ0) is 17.4. The second-order valence-electron chi connectivity index (χ2n) is 8.09. The highest BCUT2D eigenvalue weighted by Gasteiger charge is 2.15. The van der Waals surface area contributed by atoms with E-state index in [-0.39, 0.29) is 18.5 Å². The molecule has 3 nitrogen and oxygen atoms in total. The highest BCUT2D eigenvalue weighted by molar-refractivity contribution is 4.52. The number of hydrogen-bond donors (Lipinski definition) is 1. The molecule has 148 valence electrons. The van der Waals surface area contributed by atoms with E-state index in [0.29, 0.717) is 6.61 Å². The molecule has 0 aromatic carbocycles. The van der Waals surface area contributed by atoms with Gasteiger partial charge >= 0.3 is 0 Å². The van der Waals surface area contributed by atoms with E-state index in [9.17, 15) is 5.11 Å². The van der Waals surface area contributed by atoms with Crippen molar-refractivity contribution in [3.63, 3.8) is 0 Å². The van der Waals surface area contributed by atoms with Gasteiger partial charge in [0.1, 0.15) is 12.6 Å². The molecule has 0 aliphatic carbocycles. The number of ether oxygens (including phenoxy) is 1. The summed E-state index contributed by atoms with van der Waals surface area (Å²) in [5.74, 6) is 0. The molecule has 24 heavy (non-hydrogen) atoms. The number of hydrogen-bond acceptors (Lipinski definition) is 2. The predicted molar refractivity (Wildman–Crippen MR) is 101 cm³/mol. The third kappa shape index (κ3) is 22.2. The zero-order valence-corrected chi connectivity index (χ0v) is 17.6. The first-order valence-electron chi connectivity index (χ1n) is 10.0. The topological polar surface area (TPSA) is 29.5 Å². The van der Waals surface area contributed by atoms with E-state index in [4.69, 9.17) is 4.74 Å². The first kappa shape index (κ1) is 26.4. The molecule has 0 bridgehead atoms. The molecule has 0 rings (SSSR count). The van der Waals surface area contributed by atoms with Gasteiger partial charge < -0.3 is 26.7 Å². The van der Waals surface area contributed by atoms with Crippen LogP contribution in [0.15, 0.2) is 0 Å². The summed E-state index contributed by atoms with van der Waals surface area (Å²) in [7, 11) is 6.28. The minimum absolute atomic E-state index is 0. The smallest absolute Gasteiger partial charge is 0.126 e. The van der Waals surface area contributed by atoms with Crippen LogP contribution in [-0.4, -0.2) is 56.6 Å². The molecule has 0 saturated carbocycles. The Kier molecular flexibility index (Phi) is 19.8. The van der Waals surface area contributed by atoms with Crippen molar-refractivity contribution in [2.45, 2.75) is 90.1 Å². The second kappa shape index (κ2) is 18.0. The van der Waals surface area contributed by atoms with Crippen molar-refractivity contribution >= 4 is 0 Å². The number of aliphatic hydroxyl groups is 1. The van der Waals surface area contributed by atoms with Crippen LogP contribution >= 0.6 is 0 Å². The van der Waals surface area contributed by atoms with Crippen LogP contribution in [0.1, 0.15) is 84.0 Å². The molecule has 0 amide bonds. The number of halogens is 1. The fourth-order valence-electron chi connectivity index (χ4n) is 2.95. The summed E-state index contributed by atoms with van der Waals surface area (Å²) in [6.45, 7) is 4.30. The monoisotopic (exact) mass is 365 g/mol. The van der Waals surface area contributed by atoms with E-state index in [1.807, 2.05) is 0 Å². The normalized spacial score (nSPS) is 12.9. The molecular weight excluding hydrogens is 322 g/mol. The molecule has 0 aromatic heterocycles. The summed E-state index contributed by atoms with van der Waals surface area (Å²) in [5, 5.41) is 9.84. The van der Waals surface area contributed by atoms with Crippen LogP contribution < -0.4 is 12.4 Å². The van der Waals surface area contributed by atoms with Crippen LogP contribution in [0.2, 0.25) is 0 Å². The first-order chi connectivity index (χ1) is 11.0. The molecule has 0 spiro atoms. The standard InChI is InChI=1S/C20H44NO2.ClH/c1-5-6-7-8-9-10-11-12-13-14-15-16-17-23-19-20(22)18-21(2,3)4;/h20,22H,5-19H2,1-4H3;1H/q+1;/p-1. The number of nitrogens with zero attached hydrogens (tertiary/aromatic N) is 1. The Morgan fingerprint density at radius 2 is 1.17 bits per heavy atom. The lowest BCUT2D eigenvalue weighted by atomic mass is 10.1. The summed E-state index contributed by atoms with van der Waals surface area (Å²) < 4.78 is 6.35. The van der Waals surface area contributed by atoms with Crippen LogP contribution in [0.3, 0.4) is 0 Å². The van der Waals surface area contributed by atoms with Gasteiger partial charge in [-0.3, -0.25) is 0 Å². The zero-order valence-electron chi connectivity index (χ0n) is 16.9. The molecule has 1 unspecified atom stereocenters. The number of likely N-dealkylation sites (N-methyl/N-ethyl adjacent to an activating group) is 1. The average Bonchev–Trinajstić information content (AvgIpc) is 2.46. The van der Waals surface area contributed by atoms with Gasteiger partial charge in [-0.2, -0.15) is 0 Å². The van der Waals surface area contributed by atoms with Gasteiger partial charge in [0.25, 0.3) is 0 Å². The SMILES string of the molecule is CCCCCCCCCCCCCCOCC(O)C[N+](C)(C)C.[Cl-]. The largest absolute Gasteiger partial charge is 1.00 e. The van der Waals surface area contributed by atoms with Crippen molar-refractivity contribution in [3.8, 4) is 0 Å². The minimum Gasteiger partial charge on any atom is -1.00 e. The lowest BCUT2D eigenvalue weighted by Crippen LogP contribution is -3.00. The molecular formula is C20H44ClNO2. The highest BCUT2D eigenvalue weighted by atomic mass is 35.5. The third-order valence-corrected chi connectivity index (χ3v) is 4.21.